The molecule has 1 fully saturated rings. The van der Waals surface area contributed by atoms with Crippen molar-refractivity contribution in [1.82, 2.24) is 0 Å². The highest BCUT2D eigenvalue weighted by Gasteiger charge is 2.73. The zero-order chi connectivity index (χ0) is 14.0. The van der Waals surface area contributed by atoms with Gasteiger partial charge in [-0.3, -0.25) is 0 Å². The van der Waals surface area contributed by atoms with Crippen molar-refractivity contribution < 1.29 is 9.84 Å². The Morgan fingerprint density at radius 3 is 2.05 bits per heavy atom. The van der Waals surface area contributed by atoms with Crippen molar-refractivity contribution in [1.29, 1.82) is 0 Å². The van der Waals surface area contributed by atoms with Crippen LogP contribution in [0.15, 0.2) is 48.5 Å². The van der Waals surface area contributed by atoms with E-state index in [2.05, 4.69) is 48.5 Å². The first-order chi connectivity index (χ1) is 10.4. The van der Waals surface area contributed by atoms with Crippen LogP contribution in [-0.2, 0) is 10.2 Å². The van der Waals surface area contributed by atoms with Crippen LogP contribution < -0.4 is 0 Å². The van der Waals surface area contributed by atoms with Crippen LogP contribution in [0, 0.1) is 5.92 Å². The van der Waals surface area contributed by atoms with Crippen LogP contribution in [-0.4, -0.2) is 24.9 Å². The molecule has 0 bridgehead atoms. The number of benzene rings is 2. The van der Waals surface area contributed by atoms with Crippen molar-refractivity contribution in [3.63, 3.8) is 0 Å². The molecule has 0 spiro atoms. The van der Waals surface area contributed by atoms with Crippen molar-refractivity contribution in [3.05, 3.63) is 70.8 Å². The Hall–Kier alpha value is -1.64. The average Bonchev–Trinajstić information content (AvgIpc) is 3.15. The fraction of sp³-hybridized carbons (Fsp3) is 0.368. The molecule has 0 aliphatic heterocycles. The van der Waals surface area contributed by atoms with E-state index in [-0.39, 0.29) is 12.0 Å². The number of fused-ring (bicyclic) bond motifs is 7. The van der Waals surface area contributed by atoms with Gasteiger partial charge in [-0.15, -0.1) is 0 Å². The number of aliphatic hydroxyl groups is 1. The largest absolute Gasteiger partial charge is 0.394 e. The molecule has 1 saturated carbocycles. The molecule has 106 valence electrons. The number of rotatable bonds is 4. The molecule has 0 saturated heterocycles. The van der Waals surface area contributed by atoms with Crippen LogP contribution in [0.1, 0.15) is 34.1 Å². The Morgan fingerprint density at radius 2 is 1.48 bits per heavy atom. The predicted octanol–water partition coefficient (Wildman–Crippen LogP) is 2.81. The van der Waals surface area contributed by atoms with Gasteiger partial charge in [-0.25, -0.2) is 0 Å². The third-order valence-electron chi connectivity index (χ3n) is 5.76. The summed E-state index contributed by atoms with van der Waals surface area (Å²) in [6.07, 6.45) is 0. The van der Waals surface area contributed by atoms with E-state index in [1.54, 1.807) is 0 Å². The Bertz CT molecular complexity index is 668. The molecule has 5 rings (SSSR count). The minimum atomic E-state index is 0.0255. The second kappa shape index (κ2) is 3.96. The lowest BCUT2D eigenvalue weighted by Gasteiger charge is -2.31. The molecule has 0 aromatic heterocycles. The first-order valence-electron chi connectivity index (χ1n) is 7.77. The van der Waals surface area contributed by atoms with Crippen molar-refractivity contribution in [2.45, 2.75) is 17.3 Å². The van der Waals surface area contributed by atoms with Gasteiger partial charge in [-0.05, 0) is 40.0 Å². The highest BCUT2D eigenvalue weighted by atomic mass is 16.5. The maximum atomic E-state index is 9.05. The van der Waals surface area contributed by atoms with E-state index in [9.17, 15) is 0 Å². The molecule has 2 aromatic rings. The Balaban J connectivity index is 1.70. The van der Waals surface area contributed by atoms with Gasteiger partial charge in [-0.1, -0.05) is 48.5 Å². The fourth-order valence-electron chi connectivity index (χ4n) is 5.14. The van der Waals surface area contributed by atoms with Gasteiger partial charge in [0, 0.05) is 5.41 Å². The number of aliphatic hydroxyl groups excluding tert-OH is 1. The average molecular weight is 278 g/mol. The van der Waals surface area contributed by atoms with Crippen molar-refractivity contribution in [3.8, 4) is 0 Å². The Kier molecular flexibility index (Phi) is 2.26. The molecular formula is C19H18O2. The minimum absolute atomic E-state index is 0.0255. The van der Waals surface area contributed by atoms with E-state index in [1.807, 2.05) is 0 Å². The van der Waals surface area contributed by atoms with Crippen LogP contribution in [0.2, 0.25) is 0 Å². The lowest BCUT2D eigenvalue weighted by molar-refractivity contribution is 0.0622. The summed E-state index contributed by atoms with van der Waals surface area (Å²) < 4.78 is 5.85. The second-order valence-corrected chi connectivity index (χ2v) is 6.50. The summed E-state index contributed by atoms with van der Waals surface area (Å²) in [4.78, 5) is 0. The topological polar surface area (TPSA) is 29.5 Å². The first kappa shape index (κ1) is 12.0. The second-order valence-electron chi connectivity index (χ2n) is 6.50. The van der Waals surface area contributed by atoms with E-state index in [0.29, 0.717) is 31.0 Å². The summed E-state index contributed by atoms with van der Waals surface area (Å²) >= 11 is 0. The summed E-state index contributed by atoms with van der Waals surface area (Å²) in [6.45, 7) is 1.21. The lowest BCUT2D eigenvalue weighted by atomic mass is 9.76. The zero-order valence-corrected chi connectivity index (χ0v) is 11.8. The molecule has 1 N–H and O–H groups in total. The summed E-state index contributed by atoms with van der Waals surface area (Å²) in [7, 11) is 0. The molecule has 2 atom stereocenters. The summed E-state index contributed by atoms with van der Waals surface area (Å²) in [5.41, 5.74) is 5.99. The van der Waals surface area contributed by atoms with E-state index in [0.717, 1.165) is 0 Å². The van der Waals surface area contributed by atoms with Gasteiger partial charge in [-0.2, -0.15) is 0 Å². The Labute approximate surface area is 124 Å². The SMILES string of the molecule is OCCOCC12c3ccccc3C3C(c4ccccc41)C32. The van der Waals surface area contributed by atoms with Crippen LogP contribution in [0.4, 0.5) is 0 Å². The van der Waals surface area contributed by atoms with Crippen molar-refractivity contribution in [2.75, 3.05) is 19.8 Å². The van der Waals surface area contributed by atoms with Gasteiger partial charge in [0.05, 0.1) is 19.8 Å². The molecule has 21 heavy (non-hydrogen) atoms. The van der Waals surface area contributed by atoms with Gasteiger partial charge in [0.25, 0.3) is 0 Å². The van der Waals surface area contributed by atoms with Crippen LogP contribution in [0.3, 0.4) is 0 Å². The molecular weight excluding hydrogens is 260 g/mol. The van der Waals surface area contributed by atoms with Gasteiger partial charge >= 0.3 is 0 Å². The standard InChI is InChI=1S/C19H18O2/c20-9-10-21-11-19-14-7-3-1-5-12(14)16-17(18(16)19)13-6-2-4-8-15(13)19/h1-8,16-18,20H,9-11H2. The van der Waals surface area contributed by atoms with Gasteiger partial charge in [0.2, 0.25) is 0 Å². The number of hydrogen-bond acceptors (Lipinski definition) is 2. The molecule has 2 heteroatoms. The highest BCUT2D eigenvalue weighted by Crippen LogP contribution is 2.80. The van der Waals surface area contributed by atoms with Crippen molar-refractivity contribution in [2.24, 2.45) is 5.92 Å². The normalized spacial score (nSPS) is 33.5. The van der Waals surface area contributed by atoms with Gasteiger partial charge < -0.3 is 9.84 Å². The molecule has 2 nitrogen and oxygen atoms in total. The quantitative estimate of drug-likeness (QED) is 0.871. The molecule has 0 heterocycles. The van der Waals surface area contributed by atoms with Crippen LogP contribution in [0.5, 0.6) is 0 Å². The van der Waals surface area contributed by atoms with Gasteiger partial charge in [0.15, 0.2) is 0 Å². The number of hydrogen-bond donors (Lipinski definition) is 1. The monoisotopic (exact) mass is 278 g/mol. The Morgan fingerprint density at radius 1 is 0.905 bits per heavy atom. The lowest BCUT2D eigenvalue weighted by Crippen LogP contribution is -2.33. The molecule has 2 unspecified atom stereocenters. The first-order valence-corrected chi connectivity index (χ1v) is 7.77. The smallest absolute Gasteiger partial charge is 0.0698 e. The summed E-state index contributed by atoms with van der Waals surface area (Å²) in [5, 5.41) is 9.05. The molecule has 2 aromatic carbocycles. The maximum Gasteiger partial charge on any atom is 0.0698 e. The minimum Gasteiger partial charge on any atom is -0.394 e. The molecule has 3 aliphatic carbocycles. The van der Waals surface area contributed by atoms with Crippen LogP contribution in [0.25, 0.3) is 0 Å². The molecule has 3 aliphatic rings. The summed E-state index contributed by atoms with van der Waals surface area (Å²) in [6, 6.07) is 17.8. The maximum absolute atomic E-state index is 9.05. The van der Waals surface area contributed by atoms with Crippen molar-refractivity contribution >= 4 is 0 Å². The summed E-state index contributed by atoms with van der Waals surface area (Å²) in [5.74, 6) is 2.05. The molecule has 0 radical (unpaired) electrons. The van der Waals surface area contributed by atoms with E-state index < -0.39 is 0 Å². The van der Waals surface area contributed by atoms with E-state index in [1.165, 1.54) is 22.3 Å². The van der Waals surface area contributed by atoms with Crippen LogP contribution >= 0.6 is 0 Å². The molecule has 0 amide bonds. The number of ether oxygens (including phenoxy) is 1. The van der Waals surface area contributed by atoms with E-state index in [4.69, 9.17) is 9.84 Å². The van der Waals surface area contributed by atoms with Gasteiger partial charge in [0.1, 0.15) is 0 Å². The fourth-order valence-corrected chi connectivity index (χ4v) is 5.14. The zero-order valence-electron chi connectivity index (χ0n) is 11.8. The third kappa shape index (κ3) is 1.26. The highest BCUT2D eigenvalue weighted by molar-refractivity contribution is 5.68. The van der Waals surface area contributed by atoms with E-state index >= 15 is 0 Å². The third-order valence-corrected chi connectivity index (χ3v) is 5.76. The predicted molar refractivity (Wildman–Crippen MR) is 80.5 cm³/mol.